The lowest BCUT2D eigenvalue weighted by molar-refractivity contribution is 1.01. The third-order valence-corrected chi connectivity index (χ3v) is 1.94. The summed E-state index contributed by atoms with van der Waals surface area (Å²) in [7, 11) is -1.22. The Labute approximate surface area is 55.0 Å². The highest BCUT2D eigenvalue weighted by atomic mass is 32.2. The number of aromatic nitrogens is 3. The second kappa shape index (κ2) is 1.88. The maximum atomic E-state index is 3.91. The molecule has 0 fully saturated rings. The van der Waals surface area contributed by atoms with Gasteiger partial charge in [-0.1, -0.05) is 11.7 Å². The van der Waals surface area contributed by atoms with Gasteiger partial charge in [-0.3, -0.25) is 0 Å². The van der Waals surface area contributed by atoms with Crippen LogP contribution in [0.1, 0.15) is 0 Å². The van der Waals surface area contributed by atoms with Crippen LogP contribution in [-0.2, 0) is 0 Å². The molecule has 50 valence electrons. The van der Waals surface area contributed by atoms with E-state index in [1.807, 2.05) is 6.26 Å². The molecule has 0 saturated heterocycles. The molecule has 1 rings (SSSR count). The van der Waals surface area contributed by atoms with Gasteiger partial charge in [-0.2, -0.15) is 0 Å². The molecular weight excluding hydrogens is 134 g/mol. The van der Waals surface area contributed by atoms with Crippen molar-refractivity contribution >= 4 is 21.1 Å². The van der Waals surface area contributed by atoms with Gasteiger partial charge >= 0.3 is 0 Å². The van der Waals surface area contributed by atoms with Crippen molar-refractivity contribution in [3.8, 4) is 0 Å². The zero-order valence-electron chi connectivity index (χ0n) is 5.32. The van der Waals surface area contributed by atoms with Crippen molar-refractivity contribution in [2.75, 3.05) is 6.26 Å². The lowest BCUT2D eigenvalue weighted by Crippen LogP contribution is -1.91. The van der Waals surface area contributed by atoms with Crippen molar-refractivity contribution in [2.45, 2.75) is 0 Å². The predicted molar refractivity (Wildman–Crippen MR) is 43.2 cm³/mol. The largest absolute Gasteiger partial charge is 0.222 e. The number of nitrogens with zero attached hydrogens (tertiary/aromatic N) is 3. The average molecular weight is 143 g/mol. The van der Waals surface area contributed by atoms with Gasteiger partial charge in [0.1, 0.15) is 12.7 Å². The Morgan fingerprint density at radius 1 is 1.56 bits per heavy atom. The summed E-state index contributed by atoms with van der Waals surface area (Å²) in [6.07, 6.45) is 5.07. The van der Waals surface area contributed by atoms with Gasteiger partial charge in [-0.15, -0.1) is 14.5 Å². The molecule has 0 atom stereocenters. The third-order valence-electron chi connectivity index (χ3n) is 0.849. The Bertz CT molecular complexity index is 269. The zero-order chi connectivity index (χ0) is 6.91. The molecule has 0 amide bonds. The SMILES string of the molecule is C=S(=C)(C)n1cncn1. The molecule has 1 aromatic heterocycles. The Balaban J connectivity index is 3.20. The molecule has 0 aliphatic rings. The second-order valence-corrected chi connectivity index (χ2v) is 4.84. The van der Waals surface area contributed by atoms with Crippen LogP contribution < -0.4 is 0 Å². The lowest BCUT2D eigenvalue weighted by Gasteiger charge is -2.04. The normalized spacial score (nSPS) is 11.7. The van der Waals surface area contributed by atoms with E-state index in [1.165, 1.54) is 6.33 Å². The minimum atomic E-state index is -1.22. The summed E-state index contributed by atoms with van der Waals surface area (Å²) in [6.45, 7) is 0. The summed E-state index contributed by atoms with van der Waals surface area (Å²) in [5.41, 5.74) is 0. The molecule has 0 bridgehead atoms. The highest BCUT2D eigenvalue weighted by Crippen LogP contribution is 2.11. The molecule has 0 unspecified atom stereocenters. The Morgan fingerprint density at radius 3 is 2.44 bits per heavy atom. The van der Waals surface area contributed by atoms with Crippen LogP contribution in [-0.4, -0.2) is 32.2 Å². The Hall–Kier alpha value is -0.770. The fraction of sp³-hybridized carbons (Fsp3) is 0.200. The molecule has 3 nitrogen and oxygen atoms in total. The van der Waals surface area contributed by atoms with Gasteiger partial charge in [0.2, 0.25) is 0 Å². The average Bonchev–Trinajstić information content (AvgIpc) is 2.08. The van der Waals surface area contributed by atoms with E-state index in [-0.39, 0.29) is 0 Å². The fourth-order valence-corrected chi connectivity index (χ4v) is 0.977. The molecular formula is C5H9N3S. The summed E-state index contributed by atoms with van der Waals surface area (Å²) < 4.78 is 1.69. The van der Waals surface area contributed by atoms with Crippen molar-refractivity contribution in [3.05, 3.63) is 12.7 Å². The van der Waals surface area contributed by atoms with Gasteiger partial charge < -0.3 is 0 Å². The van der Waals surface area contributed by atoms with Gasteiger partial charge in [-0.05, 0) is 6.26 Å². The third kappa shape index (κ3) is 1.32. The van der Waals surface area contributed by atoms with E-state index in [0.717, 1.165) is 0 Å². The van der Waals surface area contributed by atoms with Crippen LogP contribution in [0.5, 0.6) is 0 Å². The van der Waals surface area contributed by atoms with Crippen LogP contribution in [0.4, 0.5) is 0 Å². The van der Waals surface area contributed by atoms with Gasteiger partial charge in [0.25, 0.3) is 0 Å². The zero-order valence-corrected chi connectivity index (χ0v) is 6.14. The van der Waals surface area contributed by atoms with Gasteiger partial charge in [0.05, 0.1) is 0 Å². The topological polar surface area (TPSA) is 30.7 Å². The lowest BCUT2D eigenvalue weighted by atomic mass is 11.3. The van der Waals surface area contributed by atoms with Crippen molar-refractivity contribution in [1.29, 1.82) is 0 Å². The summed E-state index contributed by atoms with van der Waals surface area (Å²) in [6, 6.07) is 0. The van der Waals surface area contributed by atoms with Crippen LogP contribution >= 0.6 is 9.39 Å². The van der Waals surface area contributed by atoms with Crippen molar-refractivity contribution in [2.24, 2.45) is 0 Å². The summed E-state index contributed by atoms with van der Waals surface area (Å²) in [5, 5.41) is 3.91. The number of hydrogen-bond donors (Lipinski definition) is 0. The van der Waals surface area contributed by atoms with Gasteiger partial charge in [0, 0.05) is 0 Å². The second-order valence-electron chi connectivity index (χ2n) is 2.02. The van der Waals surface area contributed by atoms with Gasteiger partial charge in [-0.25, -0.2) is 9.07 Å². The Kier molecular flexibility index (Phi) is 1.32. The van der Waals surface area contributed by atoms with Crippen LogP contribution in [0.15, 0.2) is 12.7 Å². The van der Waals surface area contributed by atoms with Gasteiger partial charge in [0.15, 0.2) is 0 Å². The van der Waals surface area contributed by atoms with E-state index in [1.54, 1.807) is 10.4 Å². The molecule has 0 radical (unpaired) electrons. The van der Waals surface area contributed by atoms with E-state index in [0.29, 0.717) is 0 Å². The molecule has 4 heteroatoms. The maximum Gasteiger partial charge on any atom is 0.138 e. The van der Waals surface area contributed by atoms with Crippen LogP contribution in [0.25, 0.3) is 0 Å². The fourth-order valence-electron chi connectivity index (χ4n) is 0.425. The molecule has 1 aromatic rings. The molecule has 0 aliphatic heterocycles. The molecule has 9 heavy (non-hydrogen) atoms. The standard InChI is InChI=1S/C5H9N3S/c1-9(2,3)8-5-6-4-7-8/h4-5H,1-2H2,3H3. The van der Waals surface area contributed by atoms with Crippen molar-refractivity contribution in [1.82, 2.24) is 14.2 Å². The van der Waals surface area contributed by atoms with Crippen molar-refractivity contribution < 1.29 is 0 Å². The molecule has 0 N–H and O–H groups in total. The molecule has 0 aliphatic carbocycles. The first kappa shape index (κ1) is 6.35. The molecule has 1 heterocycles. The first-order valence-electron chi connectivity index (χ1n) is 2.40. The van der Waals surface area contributed by atoms with E-state index in [2.05, 4.69) is 21.8 Å². The van der Waals surface area contributed by atoms with E-state index >= 15 is 0 Å². The Morgan fingerprint density at radius 2 is 2.22 bits per heavy atom. The maximum absolute atomic E-state index is 3.91. The first-order valence-corrected chi connectivity index (χ1v) is 4.74. The molecule has 0 saturated carbocycles. The number of rotatable bonds is 1. The molecule has 0 aromatic carbocycles. The van der Waals surface area contributed by atoms with Crippen LogP contribution in [0, 0.1) is 0 Å². The quantitative estimate of drug-likeness (QED) is 0.531. The van der Waals surface area contributed by atoms with Crippen molar-refractivity contribution in [3.63, 3.8) is 0 Å². The van der Waals surface area contributed by atoms with E-state index in [4.69, 9.17) is 0 Å². The highest BCUT2D eigenvalue weighted by Gasteiger charge is 1.89. The minimum Gasteiger partial charge on any atom is -0.222 e. The highest BCUT2D eigenvalue weighted by molar-refractivity contribution is 8.25. The van der Waals surface area contributed by atoms with Crippen LogP contribution in [0.2, 0.25) is 0 Å². The summed E-state index contributed by atoms with van der Waals surface area (Å²) in [4.78, 5) is 3.78. The van der Waals surface area contributed by atoms with E-state index < -0.39 is 9.39 Å². The molecule has 0 spiro atoms. The van der Waals surface area contributed by atoms with Crippen LogP contribution in [0.3, 0.4) is 0 Å². The predicted octanol–water partition coefficient (Wildman–Crippen LogP) is 0.340. The monoisotopic (exact) mass is 143 g/mol. The number of hydrogen-bond acceptors (Lipinski definition) is 2. The summed E-state index contributed by atoms with van der Waals surface area (Å²) >= 11 is 0. The smallest absolute Gasteiger partial charge is 0.138 e. The first-order chi connectivity index (χ1) is 4.11. The van der Waals surface area contributed by atoms with E-state index in [9.17, 15) is 0 Å². The minimum absolute atomic E-state index is 1.22. The summed E-state index contributed by atoms with van der Waals surface area (Å²) in [5.74, 6) is 7.69.